The Labute approximate surface area is 154 Å². The Morgan fingerprint density at radius 3 is 2.52 bits per heavy atom. The summed E-state index contributed by atoms with van der Waals surface area (Å²) in [6.45, 7) is 3.99. The minimum Gasteiger partial charge on any atom is -0.406 e. The van der Waals surface area contributed by atoms with Gasteiger partial charge in [0.1, 0.15) is 5.75 Å². The number of carbonyl (C=O) groups is 1. The van der Waals surface area contributed by atoms with Gasteiger partial charge in [0, 0.05) is 18.7 Å². The number of benzene rings is 1. The zero-order valence-corrected chi connectivity index (χ0v) is 14.7. The molecule has 0 bridgehead atoms. The van der Waals surface area contributed by atoms with Crippen LogP contribution in [0.5, 0.6) is 5.75 Å². The molecule has 2 aromatic rings. The van der Waals surface area contributed by atoms with Gasteiger partial charge in [0.05, 0.1) is 18.1 Å². The van der Waals surface area contributed by atoms with Gasteiger partial charge in [-0.2, -0.15) is 0 Å². The van der Waals surface area contributed by atoms with E-state index in [2.05, 4.69) is 31.8 Å². The van der Waals surface area contributed by atoms with Crippen molar-refractivity contribution in [3.8, 4) is 5.75 Å². The van der Waals surface area contributed by atoms with Crippen LogP contribution in [-0.4, -0.2) is 35.3 Å². The van der Waals surface area contributed by atoms with E-state index < -0.39 is 18.0 Å². The Balaban J connectivity index is 1.63. The number of hydrogen-bond acceptors (Lipinski definition) is 5. The Bertz CT molecular complexity index is 788. The van der Waals surface area contributed by atoms with Crippen molar-refractivity contribution in [1.29, 1.82) is 0 Å². The van der Waals surface area contributed by atoms with Crippen LogP contribution in [0.15, 0.2) is 36.7 Å². The number of ether oxygens (including phenoxy) is 1. The smallest absolute Gasteiger partial charge is 0.406 e. The summed E-state index contributed by atoms with van der Waals surface area (Å²) in [5, 5.41) is 2.57. The van der Waals surface area contributed by atoms with Crippen LogP contribution >= 0.6 is 0 Å². The molecular weight excluding hydrogens is 361 g/mol. The summed E-state index contributed by atoms with van der Waals surface area (Å²) in [5.41, 5.74) is 0.391. The maximum Gasteiger partial charge on any atom is 0.573 e. The largest absolute Gasteiger partial charge is 0.573 e. The average molecular weight is 380 g/mol. The summed E-state index contributed by atoms with van der Waals surface area (Å²) in [6.07, 6.45) is 0.310. The molecule has 0 spiro atoms. The van der Waals surface area contributed by atoms with Crippen molar-refractivity contribution >= 4 is 17.5 Å². The summed E-state index contributed by atoms with van der Waals surface area (Å²) in [4.78, 5) is 22.9. The van der Waals surface area contributed by atoms with Gasteiger partial charge in [-0.3, -0.25) is 4.79 Å². The van der Waals surface area contributed by atoms with Crippen LogP contribution in [0.25, 0.3) is 0 Å². The van der Waals surface area contributed by atoms with Gasteiger partial charge in [-0.25, -0.2) is 9.97 Å². The Morgan fingerprint density at radius 2 is 1.89 bits per heavy atom. The molecule has 1 amide bonds. The number of halogens is 3. The molecule has 1 aromatic heterocycles. The molecule has 1 aliphatic heterocycles. The molecule has 9 heteroatoms. The summed E-state index contributed by atoms with van der Waals surface area (Å²) >= 11 is 0. The molecular formula is C18H19F3N4O2. The lowest BCUT2D eigenvalue weighted by Crippen LogP contribution is -2.34. The SMILES string of the molecule is CC1CCN(c2ncc(NC(=O)c3cccc(OC(F)(F)F)c3)cn2)CC1. The topological polar surface area (TPSA) is 67.4 Å². The maximum atomic E-state index is 12.3. The molecule has 0 saturated carbocycles. The van der Waals surface area contributed by atoms with Gasteiger partial charge in [0.25, 0.3) is 5.91 Å². The maximum absolute atomic E-state index is 12.3. The standard InChI is InChI=1S/C18H19F3N4O2/c1-12-5-7-25(8-6-12)17-22-10-14(11-23-17)24-16(26)13-3-2-4-15(9-13)27-18(19,20)21/h2-4,9-12H,5-8H2,1H3,(H,24,26). The van der Waals surface area contributed by atoms with Crippen LogP contribution in [0.1, 0.15) is 30.1 Å². The highest BCUT2D eigenvalue weighted by molar-refractivity contribution is 6.04. The average Bonchev–Trinajstić information content (AvgIpc) is 2.62. The van der Waals surface area contributed by atoms with Gasteiger partial charge in [0.15, 0.2) is 0 Å². The number of alkyl halides is 3. The third kappa shape index (κ3) is 5.32. The summed E-state index contributed by atoms with van der Waals surface area (Å²) in [7, 11) is 0. The van der Waals surface area contributed by atoms with Gasteiger partial charge in [-0.05, 0) is 37.0 Å². The van der Waals surface area contributed by atoms with Crippen molar-refractivity contribution in [3.63, 3.8) is 0 Å². The lowest BCUT2D eigenvalue weighted by atomic mass is 10.00. The van der Waals surface area contributed by atoms with E-state index in [4.69, 9.17) is 0 Å². The first kappa shape index (κ1) is 18.9. The molecule has 2 heterocycles. The van der Waals surface area contributed by atoms with Crippen LogP contribution < -0.4 is 15.0 Å². The highest BCUT2D eigenvalue weighted by Gasteiger charge is 2.31. The van der Waals surface area contributed by atoms with Crippen molar-refractivity contribution in [3.05, 3.63) is 42.2 Å². The van der Waals surface area contributed by atoms with E-state index in [1.54, 1.807) is 0 Å². The number of anilines is 2. The monoisotopic (exact) mass is 380 g/mol. The number of piperidine rings is 1. The Morgan fingerprint density at radius 1 is 1.22 bits per heavy atom. The molecule has 1 N–H and O–H groups in total. The minimum absolute atomic E-state index is 0.0332. The van der Waals surface area contributed by atoms with Crippen LogP contribution in [0, 0.1) is 5.92 Å². The van der Waals surface area contributed by atoms with Crippen LogP contribution in [0.4, 0.5) is 24.8 Å². The third-order valence-electron chi connectivity index (χ3n) is 4.29. The molecule has 6 nitrogen and oxygen atoms in total. The van der Waals surface area contributed by atoms with Crippen molar-refractivity contribution < 1.29 is 22.7 Å². The number of amides is 1. The van der Waals surface area contributed by atoms with Gasteiger partial charge in [-0.15, -0.1) is 13.2 Å². The fourth-order valence-corrected chi connectivity index (χ4v) is 2.80. The van der Waals surface area contributed by atoms with E-state index in [-0.39, 0.29) is 5.56 Å². The number of aromatic nitrogens is 2. The molecule has 0 aliphatic carbocycles. The molecule has 3 rings (SSSR count). The molecule has 1 saturated heterocycles. The summed E-state index contributed by atoms with van der Waals surface area (Å²) in [6, 6.07) is 4.85. The number of nitrogens with one attached hydrogen (secondary N) is 1. The molecule has 0 radical (unpaired) electrons. The van der Waals surface area contributed by atoms with E-state index in [1.165, 1.54) is 24.5 Å². The van der Waals surface area contributed by atoms with Crippen molar-refractivity contribution in [2.75, 3.05) is 23.3 Å². The van der Waals surface area contributed by atoms with Crippen molar-refractivity contribution in [1.82, 2.24) is 9.97 Å². The van der Waals surface area contributed by atoms with E-state index in [9.17, 15) is 18.0 Å². The Hall–Kier alpha value is -2.84. The van der Waals surface area contributed by atoms with E-state index in [0.29, 0.717) is 17.6 Å². The lowest BCUT2D eigenvalue weighted by molar-refractivity contribution is -0.274. The van der Waals surface area contributed by atoms with Gasteiger partial charge in [0.2, 0.25) is 5.95 Å². The molecule has 1 aromatic carbocycles. The van der Waals surface area contributed by atoms with Gasteiger partial charge in [-0.1, -0.05) is 13.0 Å². The van der Waals surface area contributed by atoms with Crippen LogP contribution in [0.3, 0.4) is 0 Å². The highest BCUT2D eigenvalue weighted by atomic mass is 19.4. The van der Waals surface area contributed by atoms with Crippen molar-refractivity contribution in [2.24, 2.45) is 5.92 Å². The molecule has 0 unspecified atom stereocenters. The number of nitrogens with zero attached hydrogens (tertiary/aromatic N) is 3. The summed E-state index contributed by atoms with van der Waals surface area (Å²) < 4.78 is 40.7. The molecule has 27 heavy (non-hydrogen) atoms. The lowest BCUT2D eigenvalue weighted by Gasteiger charge is -2.30. The van der Waals surface area contributed by atoms with Crippen molar-refractivity contribution in [2.45, 2.75) is 26.1 Å². The fourth-order valence-electron chi connectivity index (χ4n) is 2.80. The number of carbonyl (C=O) groups excluding carboxylic acids is 1. The highest BCUT2D eigenvalue weighted by Crippen LogP contribution is 2.24. The van der Waals surface area contributed by atoms with Gasteiger partial charge < -0.3 is 15.0 Å². The number of hydrogen-bond donors (Lipinski definition) is 1. The zero-order chi connectivity index (χ0) is 19.4. The van der Waals surface area contributed by atoms with E-state index in [0.717, 1.165) is 38.1 Å². The first-order chi connectivity index (χ1) is 12.8. The first-order valence-electron chi connectivity index (χ1n) is 8.54. The van der Waals surface area contributed by atoms with E-state index in [1.807, 2.05) is 0 Å². The predicted octanol–water partition coefficient (Wildman–Crippen LogP) is 3.86. The molecule has 144 valence electrons. The second kappa shape index (κ2) is 7.81. The molecule has 1 aliphatic rings. The van der Waals surface area contributed by atoms with E-state index >= 15 is 0 Å². The predicted molar refractivity (Wildman–Crippen MR) is 93.7 cm³/mol. The Kier molecular flexibility index (Phi) is 5.48. The summed E-state index contributed by atoms with van der Waals surface area (Å²) in [5.74, 6) is 0.254. The van der Waals surface area contributed by atoms with Crippen LogP contribution in [-0.2, 0) is 0 Å². The number of rotatable bonds is 4. The minimum atomic E-state index is -4.81. The normalized spacial score (nSPS) is 15.5. The first-order valence-corrected chi connectivity index (χ1v) is 8.54. The quantitative estimate of drug-likeness (QED) is 0.872. The fraction of sp³-hybridized carbons (Fsp3) is 0.389. The third-order valence-corrected chi connectivity index (χ3v) is 4.29. The zero-order valence-electron chi connectivity index (χ0n) is 14.7. The molecule has 1 fully saturated rings. The molecule has 0 atom stereocenters. The van der Waals surface area contributed by atoms with Crippen LogP contribution in [0.2, 0.25) is 0 Å². The second-order valence-electron chi connectivity index (χ2n) is 6.47. The second-order valence-corrected chi connectivity index (χ2v) is 6.47. The van der Waals surface area contributed by atoms with Gasteiger partial charge >= 0.3 is 6.36 Å².